The van der Waals surface area contributed by atoms with Crippen LogP contribution in [0.3, 0.4) is 0 Å². The van der Waals surface area contributed by atoms with Crippen LogP contribution in [-0.2, 0) is 0 Å². The minimum absolute atomic E-state index is 0.553. The summed E-state index contributed by atoms with van der Waals surface area (Å²) in [6.45, 7) is 3.08. The molecular formula is C12H15N5S2. The lowest BCUT2D eigenvalue weighted by Gasteiger charge is -2.07. The summed E-state index contributed by atoms with van der Waals surface area (Å²) in [6.07, 6.45) is 3.50. The number of hydrogen-bond donors (Lipinski definition) is 1. The predicted molar refractivity (Wildman–Crippen MR) is 76.8 cm³/mol. The summed E-state index contributed by atoms with van der Waals surface area (Å²) in [6, 6.07) is 1.99. The van der Waals surface area contributed by atoms with Gasteiger partial charge in [-0.25, -0.2) is 9.97 Å². The van der Waals surface area contributed by atoms with Crippen molar-refractivity contribution < 1.29 is 0 Å². The lowest BCUT2D eigenvalue weighted by molar-refractivity contribution is 0.867. The van der Waals surface area contributed by atoms with E-state index in [0.717, 1.165) is 34.0 Å². The zero-order valence-corrected chi connectivity index (χ0v) is 12.3. The van der Waals surface area contributed by atoms with E-state index in [9.17, 15) is 0 Å². The SMILES string of the molecule is CCCNc1cc(Sc2nncs2)nc(C2CC2)n1. The van der Waals surface area contributed by atoms with Crippen LogP contribution >= 0.6 is 23.1 Å². The van der Waals surface area contributed by atoms with Crippen molar-refractivity contribution in [3.63, 3.8) is 0 Å². The molecule has 0 spiro atoms. The molecule has 0 unspecified atom stereocenters. The maximum atomic E-state index is 4.63. The van der Waals surface area contributed by atoms with Gasteiger partial charge in [0.1, 0.15) is 22.2 Å². The van der Waals surface area contributed by atoms with Crippen LogP contribution in [0.25, 0.3) is 0 Å². The van der Waals surface area contributed by atoms with Gasteiger partial charge in [-0.3, -0.25) is 0 Å². The first kappa shape index (κ1) is 12.8. The third-order valence-corrected chi connectivity index (χ3v) is 4.45. The van der Waals surface area contributed by atoms with Crippen LogP contribution in [0, 0.1) is 0 Å². The molecule has 1 saturated carbocycles. The van der Waals surface area contributed by atoms with E-state index in [4.69, 9.17) is 0 Å². The Bertz CT molecular complexity index is 539. The second kappa shape index (κ2) is 5.83. The zero-order chi connectivity index (χ0) is 13.1. The van der Waals surface area contributed by atoms with Crippen molar-refractivity contribution in [3.8, 4) is 0 Å². The van der Waals surface area contributed by atoms with Crippen LogP contribution < -0.4 is 5.32 Å². The van der Waals surface area contributed by atoms with Gasteiger partial charge in [-0.05, 0) is 31.0 Å². The number of aromatic nitrogens is 4. The fourth-order valence-electron chi connectivity index (χ4n) is 1.66. The summed E-state index contributed by atoms with van der Waals surface area (Å²) in [7, 11) is 0. The van der Waals surface area contributed by atoms with E-state index in [1.54, 1.807) is 17.3 Å². The number of nitrogens with one attached hydrogen (secondary N) is 1. The molecule has 0 radical (unpaired) electrons. The Morgan fingerprint density at radius 3 is 3.00 bits per heavy atom. The first-order valence-electron chi connectivity index (χ1n) is 6.42. The molecule has 19 heavy (non-hydrogen) atoms. The van der Waals surface area contributed by atoms with Gasteiger partial charge in [-0.15, -0.1) is 10.2 Å². The maximum absolute atomic E-state index is 4.63. The Labute approximate surface area is 120 Å². The van der Waals surface area contributed by atoms with E-state index in [1.807, 2.05) is 6.07 Å². The Kier molecular flexibility index (Phi) is 3.93. The minimum atomic E-state index is 0.553. The summed E-state index contributed by atoms with van der Waals surface area (Å²) >= 11 is 3.09. The predicted octanol–water partition coefficient (Wildman–Crippen LogP) is 3.18. The highest BCUT2D eigenvalue weighted by Crippen LogP contribution is 2.39. The monoisotopic (exact) mass is 293 g/mol. The molecule has 0 aliphatic heterocycles. The molecule has 2 aromatic rings. The summed E-state index contributed by atoms with van der Waals surface area (Å²) in [5, 5.41) is 12.2. The van der Waals surface area contributed by atoms with E-state index in [2.05, 4.69) is 32.4 Å². The van der Waals surface area contributed by atoms with Crippen molar-refractivity contribution in [1.29, 1.82) is 0 Å². The third-order valence-electron chi connectivity index (χ3n) is 2.75. The van der Waals surface area contributed by atoms with Crippen LogP contribution in [0.2, 0.25) is 0 Å². The highest BCUT2D eigenvalue weighted by molar-refractivity contribution is 8.00. The van der Waals surface area contributed by atoms with Gasteiger partial charge in [0.05, 0.1) is 0 Å². The normalized spacial score (nSPS) is 14.6. The molecule has 0 amide bonds. The van der Waals surface area contributed by atoms with E-state index >= 15 is 0 Å². The molecule has 100 valence electrons. The second-order valence-corrected chi connectivity index (χ2v) is 6.56. The van der Waals surface area contributed by atoms with Crippen molar-refractivity contribution >= 4 is 28.9 Å². The van der Waals surface area contributed by atoms with E-state index in [-0.39, 0.29) is 0 Å². The second-order valence-electron chi connectivity index (χ2n) is 4.46. The summed E-state index contributed by atoms with van der Waals surface area (Å²) in [4.78, 5) is 9.22. The van der Waals surface area contributed by atoms with Crippen LogP contribution in [0.1, 0.15) is 37.9 Å². The molecule has 0 atom stereocenters. The molecule has 3 rings (SSSR count). The number of rotatable bonds is 6. The van der Waals surface area contributed by atoms with Crippen molar-refractivity contribution in [2.45, 2.75) is 41.5 Å². The van der Waals surface area contributed by atoms with Gasteiger partial charge in [0.15, 0.2) is 4.34 Å². The van der Waals surface area contributed by atoms with Crippen molar-refractivity contribution in [2.24, 2.45) is 0 Å². The Hall–Kier alpha value is -1.21. The summed E-state index contributed by atoms with van der Waals surface area (Å²) < 4.78 is 0.918. The molecule has 5 nitrogen and oxygen atoms in total. The molecule has 0 aromatic carbocycles. The fourth-order valence-corrected chi connectivity index (χ4v) is 3.09. The van der Waals surface area contributed by atoms with Gasteiger partial charge in [0.2, 0.25) is 0 Å². The molecule has 7 heteroatoms. The average Bonchev–Trinajstić information content (AvgIpc) is 3.16. The summed E-state index contributed by atoms with van der Waals surface area (Å²) in [5.74, 6) is 2.44. The first-order chi connectivity index (χ1) is 9.35. The molecule has 0 bridgehead atoms. The molecule has 2 heterocycles. The Balaban J connectivity index is 1.82. The molecule has 1 N–H and O–H groups in total. The highest BCUT2D eigenvalue weighted by atomic mass is 32.2. The maximum Gasteiger partial charge on any atom is 0.180 e. The Morgan fingerprint density at radius 1 is 1.42 bits per heavy atom. The lowest BCUT2D eigenvalue weighted by atomic mass is 10.4. The van der Waals surface area contributed by atoms with Gasteiger partial charge >= 0.3 is 0 Å². The highest BCUT2D eigenvalue weighted by Gasteiger charge is 2.27. The number of nitrogens with zero attached hydrogens (tertiary/aromatic N) is 4. The molecule has 1 aliphatic rings. The standard InChI is InChI=1S/C12H15N5S2/c1-2-5-13-9-6-10(19-12-17-14-7-18-12)16-11(15-9)8-3-4-8/h6-8H,2-5H2,1H3,(H,13,15,16). The average molecular weight is 293 g/mol. The molecule has 2 aromatic heterocycles. The van der Waals surface area contributed by atoms with E-state index < -0.39 is 0 Å². The smallest absolute Gasteiger partial charge is 0.180 e. The molecule has 1 fully saturated rings. The van der Waals surface area contributed by atoms with Crippen LogP contribution in [0.5, 0.6) is 0 Å². The van der Waals surface area contributed by atoms with Gasteiger partial charge in [0, 0.05) is 18.5 Å². The Morgan fingerprint density at radius 2 is 2.32 bits per heavy atom. The number of anilines is 1. The zero-order valence-electron chi connectivity index (χ0n) is 10.7. The van der Waals surface area contributed by atoms with Crippen molar-refractivity contribution in [2.75, 3.05) is 11.9 Å². The largest absolute Gasteiger partial charge is 0.370 e. The van der Waals surface area contributed by atoms with E-state index in [0.29, 0.717) is 5.92 Å². The minimum Gasteiger partial charge on any atom is -0.370 e. The lowest BCUT2D eigenvalue weighted by Crippen LogP contribution is -2.05. The van der Waals surface area contributed by atoms with Gasteiger partial charge in [-0.2, -0.15) is 0 Å². The van der Waals surface area contributed by atoms with E-state index in [1.165, 1.54) is 24.2 Å². The molecular weight excluding hydrogens is 278 g/mol. The van der Waals surface area contributed by atoms with Gasteiger partial charge in [0.25, 0.3) is 0 Å². The first-order valence-corrected chi connectivity index (χ1v) is 8.11. The summed E-state index contributed by atoms with van der Waals surface area (Å²) in [5.41, 5.74) is 1.74. The quantitative estimate of drug-likeness (QED) is 0.825. The third kappa shape index (κ3) is 3.42. The van der Waals surface area contributed by atoms with Crippen LogP contribution in [0.15, 0.2) is 20.9 Å². The topological polar surface area (TPSA) is 63.6 Å². The van der Waals surface area contributed by atoms with Crippen LogP contribution in [0.4, 0.5) is 5.82 Å². The van der Waals surface area contributed by atoms with Gasteiger partial charge in [-0.1, -0.05) is 18.3 Å². The molecule has 0 saturated heterocycles. The fraction of sp³-hybridized carbons (Fsp3) is 0.500. The number of hydrogen-bond acceptors (Lipinski definition) is 7. The molecule has 1 aliphatic carbocycles. The van der Waals surface area contributed by atoms with Crippen LogP contribution in [-0.4, -0.2) is 26.7 Å². The van der Waals surface area contributed by atoms with Crippen molar-refractivity contribution in [1.82, 2.24) is 20.2 Å². The van der Waals surface area contributed by atoms with Crippen molar-refractivity contribution in [3.05, 3.63) is 17.4 Å². The van der Waals surface area contributed by atoms with Gasteiger partial charge < -0.3 is 5.32 Å².